The molecule has 0 spiro atoms. The van der Waals surface area contributed by atoms with E-state index in [1.165, 1.54) is 0 Å². The van der Waals surface area contributed by atoms with Gasteiger partial charge in [0.2, 0.25) is 0 Å². The first kappa shape index (κ1) is 25.9. The van der Waals surface area contributed by atoms with Gasteiger partial charge in [-0.05, 0) is 58.9 Å². The zero-order chi connectivity index (χ0) is 22.1. The van der Waals surface area contributed by atoms with Gasteiger partial charge in [-0.3, -0.25) is 9.78 Å². The predicted molar refractivity (Wildman–Crippen MR) is 134 cm³/mol. The van der Waals surface area contributed by atoms with Crippen molar-refractivity contribution in [3.05, 3.63) is 89.7 Å². The van der Waals surface area contributed by atoms with Gasteiger partial charge in [0.1, 0.15) is 6.04 Å². The summed E-state index contributed by atoms with van der Waals surface area (Å²) in [5, 5.41) is 12.1. The van der Waals surface area contributed by atoms with E-state index in [0.29, 0.717) is 17.7 Å². The van der Waals surface area contributed by atoms with Gasteiger partial charge in [-0.1, -0.05) is 54.6 Å². The van der Waals surface area contributed by atoms with Gasteiger partial charge in [0.15, 0.2) is 0 Å². The first-order valence-electron chi connectivity index (χ1n) is 9.88. The van der Waals surface area contributed by atoms with E-state index < -0.39 is 17.9 Å². The van der Waals surface area contributed by atoms with Crippen LogP contribution in [0.2, 0.25) is 0 Å². The number of carboxylic acid groups (broad SMARTS) is 1. The van der Waals surface area contributed by atoms with Crippen LogP contribution in [0.25, 0.3) is 23.3 Å². The second-order valence-corrected chi connectivity index (χ2v) is 7.92. The summed E-state index contributed by atoms with van der Waals surface area (Å²) in [6.07, 6.45) is 9.70. The molecule has 0 aliphatic rings. The molecular formula is C25H25N2NaO3S. The van der Waals surface area contributed by atoms with Crippen molar-refractivity contribution in [1.82, 2.24) is 10.3 Å². The molecule has 2 aromatic carbocycles. The fourth-order valence-electron chi connectivity index (χ4n) is 3.12. The van der Waals surface area contributed by atoms with Crippen molar-refractivity contribution in [3.63, 3.8) is 0 Å². The standard InChI is InChI=1S/C25H24N2O3S.Na.H/c1-31-15-13-23(25(29)30)27-24(28)21-12-11-18(9-10-19-6-5-14-26-17-19)16-22(21)20-7-3-2-4-8-20;;/h2-12,14,16-17,23H,13,15H2,1H3,(H,27,28)(H,29,30);;. The van der Waals surface area contributed by atoms with Crippen LogP contribution < -0.4 is 5.32 Å². The van der Waals surface area contributed by atoms with E-state index in [1.54, 1.807) is 30.2 Å². The average molecular weight is 457 g/mol. The number of aromatic nitrogens is 1. The summed E-state index contributed by atoms with van der Waals surface area (Å²) in [6, 6.07) is 18.1. The molecule has 1 amide bonds. The van der Waals surface area contributed by atoms with Crippen molar-refractivity contribution in [3.8, 4) is 11.1 Å². The van der Waals surface area contributed by atoms with E-state index in [1.807, 2.05) is 73.0 Å². The SMILES string of the molecule is CSCCC(NC(=O)c1ccc(C=Cc2cccnc2)cc1-c1ccccc1)C(=O)O.[NaH]. The van der Waals surface area contributed by atoms with Crippen molar-refractivity contribution in [2.45, 2.75) is 12.5 Å². The third-order valence-electron chi connectivity index (χ3n) is 4.74. The third-order valence-corrected chi connectivity index (χ3v) is 5.38. The molecule has 0 saturated heterocycles. The molecule has 5 nitrogen and oxygen atoms in total. The van der Waals surface area contributed by atoms with Crippen LogP contribution in [0.5, 0.6) is 0 Å². The summed E-state index contributed by atoms with van der Waals surface area (Å²) in [4.78, 5) is 28.7. The van der Waals surface area contributed by atoms with E-state index >= 15 is 0 Å². The molecule has 0 aliphatic heterocycles. The topological polar surface area (TPSA) is 79.3 Å². The predicted octanol–water partition coefficient (Wildman–Crippen LogP) is 4.21. The van der Waals surface area contributed by atoms with Crippen molar-refractivity contribution in [2.24, 2.45) is 0 Å². The van der Waals surface area contributed by atoms with Crippen molar-refractivity contribution in [1.29, 1.82) is 0 Å². The van der Waals surface area contributed by atoms with Crippen LogP contribution in [-0.4, -0.2) is 69.6 Å². The first-order valence-corrected chi connectivity index (χ1v) is 11.3. The Bertz CT molecular complexity index is 1060. The minimum absolute atomic E-state index is 0. The summed E-state index contributed by atoms with van der Waals surface area (Å²) in [5.74, 6) is -0.768. The summed E-state index contributed by atoms with van der Waals surface area (Å²) in [6.45, 7) is 0. The van der Waals surface area contributed by atoms with Gasteiger partial charge in [-0.15, -0.1) is 0 Å². The molecule has 1 aromatic heterocycles. The van der Waals surface area contributed by atoms with Crippen LogP contribution in [0.15, 0.2) is 73.1 Å². The molecule has 0 aliphatic carbocycles. The number of pyridine rings is 1. The van der Waals surface area contributed by atoms with Gasteiger partial charge in [-0.25, -0.2) is 4.79 Å². The number of amides is 1. The summed E-state index contributed by atoms with van der Waals surface area (Å²) in [5.41, 5.74) is 3.99. The average Bonchev–Trinajstić information content (AvgIpc) is 2.81. The van der Waals surface area contributed by atoms with E-state index in [4.69, 9.17) is 0 Å². The van der Waals surface area contributed by atoms with E-state index in [-0.39, 0.29) is 29.6 Å². The molecule has 0 fully saturated rings. The molecule has 2 N–H and O–H groups in total. The van der Waals surface area contributed by atoms with Crippen LogP contribution in [-0.2, 0) is 4.79 Å². The molecule has 3 rings (SSSR count). The number of nitrogens with zero attached hydrogens (tertiary/aromatic N) is 1. The van der Waals surface area contributed by atoms with Crippen LogP contribution in [0.4, 0.5) is 0 Å². The maximum absolute atomic E-state index is 13.0. The number of thioether (sulfide) groups is 1. The zero-order valence-electron chi connectivity index (χ0n) is 17.2. The van der Waals surface area contributed by atoms with E-state index in [0.717, 1.165) is 22.3 Å². The van der Waals surface area contributed by atoms with Crippen molar-refractivity contribution in [2.75, 3.05) is 12.0 Å². The number of carboxylic acids is 1. The van der Waals surface area contributed by atoms with E-state index in [2.05, 4.69) is 10.3 Å². The fourth-order valence-corrected chi connectivity index (χ4v) is 3.59. The van der Waals surface area contributed by atoms with Gasteiger partial charge in [0.25, 0.3) is 5.91 Å². The summed E-state index contributed by atoms with van der Waals surface area (Å²) in [7, 11) is 0. The van der Waals surface area contributed by atoms with Gasteiger partial charge in [0.05, 0.1) is 0 Å². The normalized spacial score (nSPS) is 11.5. The Labute approximate surface area is 214 Å². The molecule has 160 valence electrons. The molecule has 1 unspecified atom stereocenters. The molecular weight excluding hydrogens is 431 g/mol. The second kappa shape index (κ2) is 13.2. The molecule has 0 bridgehead atoms. The summed E-state index contributed by atoms with van der Waals surface area (Å²) < 4.78 is 0. The third kappa shape index (κ3) is 7.35. The quantitative estimate of drug-likeness (QED) is 0.472. The van der Waals surface area contributed by atoms with Crippen LogP contribution in [0.1, 0.15) is 27.9 Å². The maximum atomic E-state index is 13.0. The molecule has 1 heterocycles. The number of carbonyl (C=O) groups is 2. The second-order valence-electron chi connectivity index (χ2n) is 6.94. The van der Waals surface area contributed by atoms with Gasteiger partial charge >= 0.3 is 35.5 Å². The van der Waals surface area contributed by atoms with Crippen LogP contribution in [0.3, 0.4) is 0 Å². The van der Waals surface area contributed by atoms with Crippen molar-refractivity contribution < 1.29 is 14.7 Å². The van der Waals surface area contributed by atoms with E-state index in [9.17, 15) is 14.7 Å². The Hall–Kier alpha value is -2.38. The Balaban J connectivity index is 0.00000363. The number of carbonyl (C=O) groups excluding carboxylic acids is 1. The van der Waals surface area contributed by atoms with Crippen LogP contribution >= 0.6 is 11.8 Å². The van der Waals surface area contributed by atoms with Gasteiger partial charge in [0, 0.05) is 18.0 Å². The number of hydrogen-bond donors (Lipinski definition) is 2. The first-order chi connectivity index (χ1) is 15.1. The van der Waals surface area contributed by atoms with Gasteiger partial charge in [-0.2, -0.15) is 11.8 Å². The molecule has 7 heteroatoms. The zero-order valence-corrected chi connectivity index (χ0v) is 18.0. The molecule has 32 heavy (non-hydrogen) atoms. The fraction of sp³-hybridized carbons (Fsp3) is 0.160. The number of aliphatic carboxylic acids is 1. The Morgan fingerprint density at radius 1 is 1.06 bits per heavy atom. The molecule has 0 saturated carbocycles. The Morgan fingerprint density at radius 2 is 1.81 bits per heavy atom. The number of hydrogen-bond acceptors (Lipinski definition) is 4. The number of benzene rings is 2. The van der Waals surface area contributed by atoms with Gasteiger partial charge < -0.3 is 10.4 Å². The number of nitrogens with one attached hydrogen (secondary N) is 1. The number of rotatable bonds is 9. The minimum atomic E-state index is -1.03. The molecule has 1 atom stereocenters. The molecule has 3 aromatic rings. The molecule has 0 radical (unpaired) electrons. The van der Waals surface area contributed by atoms with Crippen molar-refractivity contribution >= 4 is 65.3 Å². The Kier molecular flexibility index (Phi) is 10.7. The monoisotopic (exact) mass is 456 g/mol. The van der Waals surface area contributed by atoms with Crippen LogP contribution in [0, 0.1) is 0 Å². The Morgan fingerprint density at radius 3 is 2.47 bits per heavy atom. The summed E-state index contributed by atoms with van der Waals surface area (Å²) >= 11 is 1.55.